The van der Waals surface area contributed by atoms with Crippen LogP contribution in [0.15, 0.2) is 0 Å². The Hall–Kier alpha value is -1.94. The number of carbonyl (C=O) groups excluding carboxylic acids is 4. The van der Waals surface area contributed by atoms with Gasteiger partial charge in [-0.25, -0.2) is 9.13 Å². The zero-order chi connectivity index (χ0) is 60.8. The van der Waals surface area contributed by atoms with E-state index in [0.29, 0.717) is 25.7 Å². The summed E-state index contributed by atoms with van der Waals surface area (Å²) in [6.45, 7) is 9.42. The molecule has 0 saturated heterocycles. The number of aliphatic hydroxyl groups is 1. The Morgan fingerprint density at radius 2 is 0.622 bits per heavy atom. The molecule has 0 radical (unpaired) electrons. The Kier molecular flexibility index (Phi) is 54.3. The summed E-state index contributed by atoms with van der Waals surface area (Å²) in [6, 6.07) is 0. The zero-order valence-electron chi connectivity index (χ0n) is 52.8. The van der Waals surface area contributed by atoms with Crippen molar-refractivity contribution in [3.05, 3.63) is 0 Å². The number of ether oxygens (including phenoxy) is 4. The van der Waals surface area contributed by atoms with Crippen molar-refractivity contribution in [2.24, 2.45) is 11.8 Å². The molecule has 486 valence electrons. The molecule has 0 heterocycles. The van der Waals surface area contributed by atoms with Gasteiger partial charge in [0, 0.05) is 25.7 Å². The molecule has 19 heteroatoms. The van der Waals surface area contributed by atoms with Crippen LogP contribution in [0.2, 0.25) is 0 Å². The number of phosphoric acid groups is 2. The fraction of sp³-hybridized carbons (Fsp3) is 0.937. The summed E-state index contributed by atoms with van der Waals surface area (Å²) in [7, 11) is -9.88. The van der Waals surface area contributed by atoms with Crippen molar-refractivity contribution in [1.82, 2.24) is 0 Å². The van der Waals surface area contributed by atoms with Crippen molar-refractivity contribution < 1.29 is 80.2 Å². The molecule has 0 amide bonds. The van der Waals surface area contributed by atoms with Gasteiger partial charge in [0.15, 0.2) is 12.2 Å². The van der Waals surface area contributed by atoms with E-state index in [0.717, 1.165) is 108 Å². The van der Waals surface area contributed by atoms with E-state index in [1.807, 2.05) is 0 Å². The van der Waals surface area contributed by atoms with Crippen LogP contribution in [0.4, 0.5) is 0 Å². The molecule has 0 aliphatic rings. The molecule has 0 saturated carbocycles. The van der Waals surface area contributed by atoms with Gasteiger partial charge >= 0.3 is 39.5 Å². The zero-order valence-corrected chi connectivity index (χ0v) is 54.6. The fourth-order valence-corrected chi connectivity index (χ4v) is 10.9. The van der Waals surface area contributed by atoms with Crippen LogP contribution in [0.1, 0.15) is 311 Å². The second-order valence-electron chi connectivity index (χ2n) is 23.5. The average Bonchev–Trinajstić information content (AvgIpc) is 3.45. The van der Waals surface area contributed by atoms with Gasteiger partial charge in [0.1, 0.15) is 19.3 Å². The van der Waals surface area contributed by atoms with Gasteiger partial charge in [-0.3, -0.25) is 37.3 Å². The summed E-state index contributed by atoms with van der Waals surface area (Å²) in [6.07, 6.45) is 37.6. The van der Waals surface area contributed by atoms with E-state index >= 15 is 0 Å². The van der Waals surface area contributed by atoms with E-state index < -0.39 is 97.5 Å². The lowest BCUT2D eigenvalue weighted by molar-refractivity contribution is -0.161. The number of hydrogen-bond acceptors (Lipinski definition) is 15. The molecule has 0 fully saturated rings. The third-order valence-corrected chi connectivity index (χ3v) is 16.7. The fourth-order valence-electron chi connectivity index (χ4n) is 9.32. The molecule has 0 aromatic heterocycles. The maximum Gasteiger partial charge on any atom is 0.472 e. The second kappa shape index (κ2) is 55.6. The predicted octanol–water partition coefficient (Wildman–Crippen LogP) is 17.3. The summed E-state index contributed by atoms with van der Waals surface area (Å²) < 4.78 is 67.9. The minimum absolute atomic E-state index is 0.105. The van der Waals surface area contributed by atoms with Crippen molar-refractivity contribution in [3.8, 4) is 0 Å². The van der Waals surface area contributed by atoms with Crippen LogP contribution in [0, 0.1) is 11.8 Å². The number of phosphoric ester groups is 2. The van der Waals surface area contributed by atoms with Crippen LogP contribution in [-0.2, 0) is 65.4 Å². The Morgan fingerprint density at radius 1 is 0.354 bits per heavy atom. The highest BCUT2D eigenvalue weighted by molar-refractivity contribution is 7.47. The van der Waals surface area contributed by atoms with E-state index in [1.165, 1.54) is 122 Å². The molecule has 0 aliphatic carbocycles. The summed E-state index contributed by atoms with van der Waals surface area (Å²) in [5.41, 5.74) is 0. The van der Waals surface area contributed by atoms with Gasteiger partial charge in [0.2, 0.25) is 0 Å². The highest BCUT2D eigenvalue weighted by atomic mass is 31.2. The van der Waals surface area contributed by atoms with Crippen LogP contribution in [0.5, 0.6) is 0 Å². The molecule has 0 aromatic carbocycles. The highest BCUT2D eigenvalue weighted by Gasteiger charge is 2.30. The Bertz CT molecular complexity index is 1620. The average molecular weight is 1210 g/mol. The Morgan fingerprint density at radius 3 is 0.927 bits per heavy atom. The molecule has 17 nitrogen and oxygen atoms in total. The minimum atomic E-state index is -4.94. The number of hydrogen-bond donors (Lipinski definition) is 3. The largest absolute Gasteiger partial charge is 0.472 e. The SMILES string of the molecule is CCCCCCCCCCCC(=O)OC[C@H](COP(=O)(O)OC[C@H](O)COP(=O)(O)OC[C@@H](COC(=O)CCCCCCCCC(C)CC)OC(=O)CCCCCCCCCCCCCC(C)C)OC(=O)CCCCCCCCCCC. The van der Waals surface area contributed by atoms with Crippen LogP contribution >= 0.6 is 15.6 Å². The number of unbranched alkanes of at least 4 members (excludes halogenated alkanes) is 31. The third kappa shape index (κ3) is 55.9. The van der Waals surface area contributed by atoms with Gasteiger partial charge in [0.05, 0.1) is 26.4 Å². The lowest BCUT2D eigenvalue weighted by Gasteiger charge is -2.21. The van der Waals surface area contributed by atoms with Gasteiger partial charge in [0.25, 0.3) is 0 Å². The lowest BCUT2D eigenvalue weighted by Crippen LogP contribution is -2.30. The molecule has 0 aliphatic heterocycles. The number of aliphatic hydroxyl groups excluding tert-OH is 1. The second-order valence-corrected chi connectivity index (χ2v) is 26.4. The summed E-state index contributed by atoms with van der Waals surface area (Å²) >= 11 is 0. The molecule has 0 aromatic rings. The normalized spacial score (nSPS) is 14.7. The molecule has 0 rings (SSSR count). The lowest BCUT2D eigenvalue weighted by atomic mass is 10.00. The standard InChI is InChI=1S/C63H122O17P2/c1-7-10-12-14-16-21-26-33-39-45-60(65)73-51-58(79-62(67)47-41-35-27-22-17-15-13-11-8-2)53-77-81(69,70)75-49-57(64)50-76-82(71,72)78-54-59(52-74-61(66)46-40-34-30-29-32-38-44-56(6)9-3)80-63(68)48-42-36-28-24-20-18-19-23-25-31-37-43-55(4)5/h55-59,64H,7-54H2,1-6H3,(H,69,70)(H,71,72)/t56?,57-,58+,59+/m0/s1. The maximum atomic E-state index is 13.0. The van der Waals surface area contributed by atoms with E-state index in [9.17, 15) is 43.2 Å². The van der Waals surface area contributed by atoms with Crippen molar-refractivity contribution in [3.63, 3.8) is 0 Å². The molecular weight excluding hydrogens is 1090 g/mol. The quantitative estimate of drug-likeness (QED) is 0.0222. The number of carbonyl (C=O) groups is 4. The monoisotopic (exact) mass is 1210 g/mol. The predicted molar refractivity (Wildman–Crippen MR) is 326 cm³/mol. The van der Waals surface area contributed by atoms with Crippen molar-refractivity contribution in [2.75, 3.05) is 39.6 Å². The Labute approximate surface area is 498 Å². The molecular formula is C63H122O17P2. The van der Waals surface area contributed by atoms with Crippen molar-refractivity contribution in [2.45, 2.75) is 330 Å². The first-order valence-electron chi connectivity index (χ1n) is 33.0. The summed E-state index contributed by atoms with van der Waals surface area (Å²) in [5, 5.41) is 10.5. The molecule has 0 spiro atoms. The van der Waals surface area contributed by atoms with Gasteiger partial charge < -0.3 is 33.8 Å². The molecule has 6 atom stereocenters. The van der Waals surface area contributed by atoms with Crippen LogP contribution in [0.25, 0.3) is 0 Å². The van der Waals surface area contributed by atoms with Gasteiger partial charge in [-0.15, -0.1) is 0 Å². The highest BCUT2D eigenvalue weighted by Crippen LogP contribution is 2.45. The van der Waals surface area contributed by atoms with Crippen molar-refractivity contribution >= 4 is 39.5 Å². The van der Waals surface area contributed by atoms with E-state index in [4.69, 9.17) is 37.0 Å². The molecule has 82 heavy (non-hydrogen) atoms. The van der Waals surface area contributed by atoms with E-state index in [2.05, 4.69) is 41.5 Å². The van der Waals surface area contributed by atoms with Gasteiger partial charge in [-0.2, -0.15) is 0 Å². The van der Waals surface area contributed by atoms with Crippen LogP contribution in [0.3, 0.4) is 0 Å². The molecule has 0 bridgehead atoms. The first-order chi connectivity index (χ1) is 39.4. The number of rotatable bonds is 62. The van der Waals surface area contributed by atoms with E-state index in [1.54, 1.807) is 0 Å². The van der Waals surface area contributed by atoms with Gasteiger partial charge in [-0.05, 0) is 37.5 Å². The first-order valence-corrected chi connectivity index (χ1v) is 36.0. The molecule has 3 unspecified atom stereocenters. The van der Waals surface area contributed by atoms with Crippen molar-refractivity contribution in [1.29, 1.82) is 0 Å². The topological polar surface area (TPSA) is 237 Å². The Balaban J connectivity index is 5.23. The van der Waals surface area contributed by atoms with Gasteiger partial charge in [-0.1, -0.05) is 260 Å². The summed E-state index contributed by atoms with van der Waals surface area (Å²) in [5.74, 6) is -0.642. The minimum Gasteiger partial charge on any atom is -0.462 e. The summed E-state index contributed by atoms with van der Waals surface area (Å²) in [4.78, 5) is 72.1. The molecule has 3 N–H and O–H groups in total. The first kappa shape index (κ1) is 80.1. The third-order valence-electron chi connectivity index (χ3n) is 14.8. The number of esters is 4. The van der Waals surface area contributed by atoms with Crippen LogP contribution in [-0.4, -0.2) is 96.7 Å². The van der Waals surface area contributed by atoms with Crippen LogP contribution < -0.4 is 0 Å². The maximum absolute atomic E-state index is 13.0. The smallest absolute Gasteiger partial charge is 0.462 e. The van der Waals surface area contributed by atoms with E-state index in [-0.39, 0.29) is 25.7 Å².